The summed E-state index contributed by atoms with van der Waals surface area (Å²) in [5.41, 5.74) is 5.75. The smallest absolute Gasteiger partial charge is 0.137 e. The second-order valence-electron chi connectivity index (χ2n) is 4.91. The largest absolute Gasteiger partial charge is 0.303 e. The summed E-state index contributed by atoms with van der Waals surface area (Å²) in [6.07, 6.45) is 3.92. The number of aromatic nitrogens is 2. The van der Waals surface area contributed by atoms with Crippen molar-refractivity contribution in [3.63, 3.8) is 0 Å². The molecule has 0 atom stereocenters. The van der Waals surface area contributed by atoms with Crippen LogP contribution in [-0.4, -0.2) is 9.38 Å². The normalized spacial score (nSPS) is 10.6. The Labute approximate surface area is 136 Å². The lowest BCUT2D eigenvalue weighted by atomic mass is 10.1. The minimum absolute atomic E-state index is 0. The predicted octanol–water partition coefficient (Wildman–Crippen LogP) is 4.65. The maximum absolute atomic E-state index is 6.11. The van der Waals surface area contributed by atoms with Crippen LogP contribution in [0.5, 0.6) is 0 Å². The van der Waals surface area contributed by atoms with Gasteiger partial charge < -0.3 is 4.40 Å². The molecule has 0 N–H and O–H groups in total. The molecule has 1 aromatic carbocycles. The van der Waals surface area contributed by atoms with Crippen molar-refractivity contribution in [2.75, 3.05) is 0 Å². The van der Waals surface area contributed by atoms with Crippen LogP contribution in [0, 0.1) is 0 Å². The highest BCUT2D eigenvalue weighted by Crippen LogP contribution is 2.18. The fraction of sp³-hybridized carbons (Fsp3) is 0.235. The van der Waals surface area contributed by atoms with Gasteiger partial charge >= 0.3 is 0 Å². The van der Waals surface area contributed by atoms with Crippen LogP contribution in [0.25, 0.3) is 5.65 Å². The van der Waals surface area contributed by atoms with Crippen LogP contribution in [-0.2, 0) is 18.7 Å². The molecule has 0 fully saturated rings. The number of alkyl halides is 1. The van der Waals surface area contributed by atoms with Gasteiger partial charge in [0, 0.05) is 12.6 Å². The maximum atomic E-state index is 6.11. The quantitative estimate of drug-likeness (QED) is 0.640. The summed E-state index contributed by atoms with van der Waals surface area (Å²) in [5, 5.41) is 0. The summed E-state index contributed by atoms with van der Waals surface area (Å²) in [6, 6.07) is 14.8. The zero-order valence-corrected chi connectivity index (χ0v) is 13.5. The molecule has 3 rings (SSSR count). The van der Waals surface area contributed by atoms with E-state index in [1.165, 1.54) is 11.1 Å². The number of fused-ring (bicyclic) bond motifs is 1. The monoisotopic (exact) mass is 320 g/mol. The maximum Gasteiger partial charge on any atom is 0.137 e. The lowest BCUT2D eigenvalue weighted by Crippen LogP contribution is -1.95. The number of imidazole rings is 1. The molecule has 21 heavy (non-hydrogen) atoms. The molecule has 0 amide bonds. The number of aryl methyl sites for hydroxylation is 1. The Morgan fingerprint density at radius 3 is 2.43 bits per heavy atom. The zero-order chi connectivity index (χ0) is 13.9. The number of nitrogens with zero attached hydrogens (tertiary/aromatic N) is 2. The molecule has 0 spiro atoms. The van der Waals surface area contributed by atoms with Crippen LogP contribution in [0.2, 0.25) is 0 Å². The van der Waals surface area contributed by atoms with E-state index in [1.54, 1.807) is 0 Å². The molecule has 0 aliphatic carbocycles. The standard InChI is InChI=1S/C17H17ClN2.ClH/c1-2-13-6-8-14(9-7-13)11-15-16(12-18)20-10-4-3-5-17(20)19-15;/h3-10H,2,11-12H2,1H3;1H. The van der Waals surface area contributed by atoms with Crippen molar-refractivity contribution in [3.05, 3.63) is 71.2 Å². The summed E-state index contributed by atoms with van der Waals surface area (Å²) in [6.45, 7) is 2.17. The van der Waals surface area contributed by atoms with Gasteiger partial charge in [-0.05, 0) is 29.7 Å². The highest BCUT2D eigenvalue weighted by atomic mass is 35.5. The van der Waals surface area contributed by atoms with Crippen LogP contribution in [0.4, 0.5) is 0 Å². The van der Waals surface area contributed by atoms with Crippen molar-refractivity contribution in [1.29, 1.82) is 0 Å². The van der Waals surface area contributed by atoms with E-state index in [9.17, 15) is 0 Å². The van der Waals surface area contributed by atoms with Crippen LogP contribution in [0.1, 0.15) is 29.4 Å². The Balaban J connectivity index is 0.00000161. The zero-order valence-electron chi connectivity index (χ0n) is 11.9. The van der Waals surface area contributed by atoms with Crippen LogP contribution < -0.4 is 0 Å². The molecule has 110 valence electrons. The summed E-state index contributed by atoms with van der Waals surface area (Å²) in [4.78, 5) is 4.70. The predicted molar refractivity (Wildman–Crippen MR) is 90.6 cm³/mol. The first-order valence-electron chi connectivity index (χ1n) is 6.90. The molecule has 0 bridgehead atoms. The Morgan fingerprint density at radius 2 is 1.76 bits per heavy atom. The topological polar surface area (TPSA) is 17.3 Å². The van der Waals surface area contributed by atoms with Crippen molar-refractivity contribution in [3.8, 4) is 0 Å². The fourth-order valence-corrected chi connectivity index (χ4v) is 2.75. The fourth-order valence-electron chi connectivity index (χ4n) is 2.46. The van der Waals surface area contributed by atoms with E-state index in [4.69, 9.17) is 16.6 Å². The van der Waals surface area contributed by atoms with Gasteiger partial charge in [0.2, 0.25) is 0 Å². The number of rotatable bonds is 4. The molecular formula is C17H18Cl2N2. The minimum Gasteiger partial charge on any atom is -0.303 e. The van der Waals surface area contributed by atoms with Gasteiger partial charge in [0.05, 0.1) is 17.3 Å². The van der Waals surface area contributed by atoms with Gasteiger partial charge in [-0.25, -0.2) is 4.98 Å². The second kappa shape index (κ2) is 6.97. The second-order valence-corrected chi connectivity index (χ2v) is 5.18. The number of pyridine rings is 1. The van der Waals surface area contributed by atoms with E-state index in [1.807, 2.05) is 24.4 Å². The first-order chi connectivity index (χ1) is 9.81. The molecule has 3 aromatic rings. The molecule has 0 radical (unpaired) electrons. The number of benzene rings is 1. The third kappa shape index (κ3) is 3.22. The number of hydrogen-bond acceptors (Lipinski definition) is 1. The van der Waals surface area contributed by atoms with E-state index in [0.29, 0.717) is 5.88 Å². The van der Waals surface area contributed by atoms with Crippen molar-refractivity contribution in [2.45, 2.75) is 25.6 Å². The van der Waals surface area contributed by atoms with E-state index >= 15 is 0 Å². The summed E-state index contributed by atoms with van der Waals surface area (Å²) < 4.78 is 2.07. The van der Waals surface area contributed by atoms with E-state index in [-0.39, 0.29) is 12.4 Å². The minimum atomic E-state index is 0. The van der Waals surface area contributed by atoms with Crippen molar-refractivity contribution >= 4 is 29.7 Å². The average Bonchev–Trinajstić information content (AvgIpc) is 2.85. The van der Waals surface area contributed by atoms with Gasteiger partial charge in [0.25, 0.3) is 0 Å². The van der Waals surface area contributed by atoms with Crippen molar-refractivity contribution in [1.82, 2.24) is 9.38 Å². The van der Waals surface area contributed by atoms with Gasteiger partial charge in [-0.1, -0.05) is 37.3 Å². The highest BCUT2D eigenvalue weighted by Gasteiger charge is 2.11. The third-order valence-electron chi connectivity index (χ3n) is 3.64. The van der Waals surface area contributed by atoms with Crippen molar-refractivity contribution in [2.24, 2.45) is 0 Å². The molecule has 0 aliphatic rings. The molecule has 0 saturated carbocycles. The lowest BCUT2D eigenvalue weighted by molar-refractivity contribution is 1.03. The highest BCUT2D eigenvalue weighted by molar-refractivity contribution is 6.17. The molecule has 2 heterocycles. The number of hydrogen-bond donors (Lipinski definition) is 0. The first-order valence-corrected chi connectivity index (χ1v) is 7.44. The molecule has 0 saturated heterocycles. The summed E-state index contributed by atoms with van der Waals surface area (Å²) in [7, 11) is 0. The van der Waals surface area contributed by atoms with Crippen LogP contribution >= 0.6 is 24.0 Å². The van der Waals surface area contributed by atoms with Crippen LogP contribution in [0.3, 0.4) is 0 Å². The van der Waals surface area contributed by atoms with Crippen molar-refractivity contribution < 1.29 is 0 Å². The Bertz CT molecular complexity index is 717. The summed E-state index contributed by atoms with van der Waals surface area (Å²) in [5.74, 6) is 0.480. The third-order valence-corrected chi connectivity index (χ3v) is 3.89. The molecule has 2 nitrogen and oxygen atoms in total. The molecule has 4 heteroatoms. The van der Waals surface area contributed by atoms with Gasteiger partial charge in [-0.2, -0.15) is 0 Å². The molecular weight excluding hydrogens is 303 g/mol. The summed E-state index contributed by atoms with van der Waals surface area (Å²) >= 11 is 6.11. The van der Waals surface area contributed by atoms with E-state index in [2.05, 4.69) is 35.6 Å². The first kappa shape index (κ1) is 15.9. The van der Waals surface area contributed by atoms with E-state index in [0.717, 1.165) is 29.9 Å². The molecule has 0 unspecified atom stereocenters. The van der Waals surface area contributed by atoms with Gasteiger partial charge in [-0.15, -0.1) is 24.0 Å². The molecule has 2 aromatic heterocycles. The molecule has 0 aliphatic heterocycles. The van der Waals surface area contributed by atoms with Crippen LogP contribution in [0.15, 0.2) is 48.7 Å². The van der Waals surface area contributed by atoms with Gasteiger partial charge in [0.15, 0.2) is 0 Å². The Morgan fingerprint density at radius 1 is 1.05 bits per heavy atom. The van der Waals surface area contributed by atoms with Gasteiger partial charge in [0.1, 0.15) is 5.65 Å². The number of halogens is 2. The lowest BCUT2D eigenvalue weighted by Gasteiger charge is -2.03. The average molecular weight is 321 g/mol. The van der Waals surface area contributed by atoms with E-state index < -0.39 is 0 Å². The Kier molecular flexibility index (Phi) is 5.27. The Hall–Kier alpha value is -1.51. The SMILES string of the molecule is CCc1ccc(Cc2nc3ccccn3c2CCl)cc1.Cl. The van der Waals surface area contributed by atoms with Gasteiger partial charge in [-0.3, -0.25) is 0 Å².